The first-order valence-electron chi connectivity index (χ1n) is 5.19. The van der Waals surface area contributed by atoms with Gasteiger partial charge in [-0.15, -0.1) is 0 Å². The van der Waals surface area contributed by atoms with Gasteiger partial charge in [0.15, 0.2) is 0 Å². The molecule has 0 aliphatic carbocycles. The predicted octanol–water partition coefficient (Wildman–Crippen LogP) is 0.134. The van der Waals surface area contributed by atoms with Crippen molar-refractivity contribution < 1.29 is 18.3 Å². The van der Waals surface area contributed by atoms with Gasteiger partial charge in [0.05, 0.1) is 10.5 Å². The van der Waals surface area contributed by atoms with Crippen LogP contribution in [0.25, 0.3) is 10.8 Å². The van der Waals surface area contributed by atoms with Gasteiger partial charge < -0.3 is 10.1 Å². The van der Waals surface area contributed by atoms with Gasteiger partial charge in [0, 0.05) is 17.0 Å². The van der Waals surface area contributed by atoms with Gasteiger partial charge in [0.2, 0.25) is 10.0 Å². The van der Waals surface area contributed by atoms with Crippen molar-refractivity contribution in [2.75, 3.05) is 7.05 Å². The van der Waals surface area contributed by atoms with Crippen LogP contribution in [0, 0.1) is 0 Å². The van der Waals surface area contributed by atoms with Gasteiger partial charge in [-0.2, -0.15) is 0 Å². The lowest BCUT2D eigenvalue weighted by molar-refractivity contribution is 0.0698. The van der Waals surface area contributed by atoms with E-state index in [2.05, 4.69) is 9.71 Å². The third kappa shape index (κ3) is 2.23. The molecule has 0 saturated heterocycles. The van der Waals surface area contributed by atoms with Crippen LogP contribution in [0.2, 0.25) is 0 Å². The lowest BCUT2D eigenvalue weighted by Crippen LogP contribution is -2.19. The molecule has 0 aliphatic heterocycles. The molecule has 0 spiro atoms. The number of sulfonamides is 1. The van der Waals surface area contributed by atoms with Crippen molar-refractivity contribution in [2.45, 2.75) is 4.90 Å². The van der Waals surface area contributed by atoms with Crippen LogP contribution in [0.5, 0.6) is 0 Å². The molecule has 0 saturated carbocycles. The Labute approximate surface area is 107 Å². The molecule has 3 N–H and O–H groups in total. The van der Waals surface area contributed by atoms with Crippen LogP contribution in [0.4, 0.5) is 0 Å². The molecule has 0 bridgehead atoms. The highest BCUT2D eigenvalue weighted by atomic mass is 32.2. The number of aromatic carboxylic acids is 1. The van der Waals surface area contributed by atoms with Gasteiger partial charge in [-0.3, -0.25) is 4.79 Å². The largest absolute Gasteiger partial charge is 0.478 e. The first-order chi connectivity index (χ1) is 8.86. The molecule has 0 aliphatic rings. The lowest BCUT2D eigenvalue weighted by Gasteiger charge is -2.05. The van der Waals surface area contributed by atoms with Crippen LogP contribution >= 0.6 is 0 Å². The van der Waals surface area contributed by atoms with E-state index < -0.39 is 21.6 Å². The molecular weight excluding hydrogens is 272 g/mol. The molecule has 0 radical (unpaired) electrons. The Morgan fingerprint density at radius 2 is 2.00 bits per heavy atom. The van der Waals surface area contributed by atoms with E-state index in [0.717, 1.165) is 12.3 Å². The van der Waals surface area contributed by atoms with Gasteiger partial charge in [-0.1, -0.05) is 6.07 Å². The second-order valence-electron chi connectivity index (χ2n) is 3.75. The Balaban J connectivity index is 2.85. The summed E-state index contributed by atoms with van der Waals surface area (Å²) in [5.74, 6) is -1.20. The first-order valence-corrected chi connectivity index (χ1v) is 6.67. The Kier molecular flexibility index (Phi) is 3.13. The third-order valence-corrected chi connectivity index (χ3v) is 4.09. The van der Waals surface area contributed by atoms with Crippen molar-refractivity contribution >= 4 is 26.8 Å². The molecule has 2 aromatic rings. The van der Waals surface area contributed by atoms with Gasteiger partial charge in [0.1, 0.15) is 0 Å². The molecule has 1 aromatic carbocycles. The van der Waals surface area contributed by atoms with Crippen LogP contribution < -0.4 is 10.3 Å². The van der Waals surface area contributed by atoms with Gasteiger partial charge >= 0.3 is 5.97 Å². The molecule has 1 aromatic heterocycles. The number of carboxylic acid groups (broad SMARTS) is 1. The van der Waals surface area contributed by atoms with Crippen molar-refractivity contribution in [3.05, 3.63) is 40.3 Å². The summed E-state index contributed by atoms with van der Waals surface area (Å²) in [4.78, 5) is 24.8. The lowest BCUT2D eigenvalue weighted by atomic mass is 10.1. The number of carboxylic acids is 1. The molecule has 19 heavy (non-hydrogen) atoms. The highest BCUT2D eigenvalue weighted by Gasteiger charge is 2.16. The van der Waals surface area contributed by atoms with Gasteiger partial charge in [-0.05, 0) is 19.2 Å². The number of rotatable bonds is 3. The van der Waals surface area contributed by atoms with Crippen LogP contribution in [-0.4, -0.2) is 31.5 Å². The molecule has 8 heteroatoms. The third-order valence-electron chi connectivity index (χ3n) is 2.68. The Bertz CT molecular complexity index is 823. The van der Waals surface area contributed by atoms with Crippen molar-refractivity contribution in [1.29, 1.82) is 0 Å². The first kappa shape index (κ1) is 13.2. The summed E-state index contributed by atoms with van der Waals surface area (Å²) in [5.41, 5.74) is -0.642. The van der Waals surface area contributed by atoms with Crippen molar-refractivity contribution in [3.8, 4) is 0 Å². The SMILES string of the molecule is CNS(=O)(=O)c1ccc2c(C(=O)O)c[nH]c(=O)c2c1. The standard InChI is InChI=1S/C11H10N2O5S/c1-12-19(17,18)6-2-3-7-8(4-6)10(14)13-5-9(7)11(15)16/h2-5,12H,1H3,(H,13,14)(H,15,16). The summed E-state index contributed by atoms with van der Waals surface area (Å²) < 4.78 is 25.4. The Morgan fingerprint density at radius 1 is 1.32 bits per heavy atom. The molecular formula is C11H10N2O5S. The highest BCUT2D eigenvalue weighted by molar-refractivity contribution is 7.89. The second kappa shape index (κ2) is 4.48. The summed E-state index contributed by atoms with van der Waals surface area (Å²) >= 11 is 0. The maximum Gasteiger partial charge on any atom is 0.337 e. The van der Waals surface area contributed by atoms with Crippen LogP contribution in [0.3, 0.4) is 0 Å². The van der Waals surface area contributed by atoms with E-state index in [9.17, 15) is 18.0 Å². The van der Waals surface area contributed by atoms with E-state index >= 15 is 0 Å². The molecule has 0 fully saturated rings. The summed E-state index contributed by atoms with van der Waals surface area (Å²) in [7, 11) is -2.44. The summed E-state index contributed by atoms with van der Waals surface area (Å²) in [6.07, 6.45) is 1.08. The number of H-pyrrole nitrogens is 1. The fourth-order valence-corrected chi connectivity index (χ4v) is 2.46. The maximum atomic E-state index is 11.7. The average molecular weight is 282 g/mol. The molecule has 0 unspecified atom stereocenters. The number of hydrogen-bond acceptors (Lipinski definition) is 4. The zero-order valence-corrected chi connectivity index (χ0v) is 10.6. The van der Waals surface area contributed by atoms with E-state index in [0.29, 0.717) is 0 Å². The van der Waals surface area contributed by atoms with Gasteiger partial charge in [-0.25, -0.2) is 17.9 Å². The van der Waals surface area contributed by atoms with Crippen LogP contribution in [-0.2, 0) is 10.0 Å². The minimum Gasteiger partial charge on any atom is -0.478 e. The zero-order chi connectivity index (χ0) is 14.2. The fraction of sp³-hybridized carbons (Fsp3) is 0.0909. The molecule has 2 rings (SSSR count). The van der Waals surface area contributed by atoms with E-state index in [-0.39, 0.29) is 21.2 Å². The Morgan fingerprint density at radius 3 is 2.58 bits per heavy atom. The number of hydrogen-bond donors (Lipinski definition) is 3. The molecule has 7 nitrogen and oxygen atoms in total. The quantitative estimate of drug-likeness (QED) is 0.740. The number of benzene rings is 1. The number of carbonyl (C=O) groups is 1. The minimum absolute atomic E-state index is 0.0104. The normalized spacial score (nSPS) is 11.6. The minimum atomic E-state index is -3.69. The molecule has 0 atom stereocenters. The van der Waals surface area contributed by atoms with Crippen LogP contribution in [0.15, 0.2) is 34.1 Å². The fourth-order valence-electron chi connectivity index (χ4n) is 1.70. The van der Waals surface area contributed by atoms with E-state index in [4.69, 9.17) is 5.11 Å². The second-order valence-corrected chi connectivity index (χ2v) is 5.64. The average Bonchev–Trinajstić information content (AvgIpc) is 2.38. The molecule has 1 heterocycles. The number of aromatic nitrogens is 1. The smallest absolute Gasteiger partial charge is 0.337 e. The van der Waals surface area contributed by atoms with Crippen LogP contribution in [0.1, 0.15) is 10.4 Å². The van der Waals surface area contributed by atoms with Crippen molar-refractivity contribution in [3.63, 3.8) is 0 Å². The number of pyridine rings is 1. The summed E-state index contributed by atoms with van der Waals surface area (Å²) in [5, 5.41) is 9.19. The monoisotopic (exact) mass is 282 g/mol. The van der Waals surface area contributed by atoms with E-state index in [1.54, 1.807) is 0 Å². The number of nitrogens with one attached hydrogen (secondary N) is 2. The topological polar surface area (TPSA) is 116 Å². The summed E-state index contributed by atoms with van der Waals surface area (Å²) in [6, 6.07) is 3.70. The number of aromatic amines is 1. The number of fused-ring (bicyclic) bond motifs is 1. The zero-order valence-electron chi connectivity index (χ0n) is 9.80. The maximum absolute atomic E-state index is 11.7. The van der Waals surface area contributed by atoms with Gasteiger partial charge in [0.25, 0.3) is 5.56 Å². The van der Waals surface area contributed by atoms with E-state index in [1.165, 1.54) is 19.2 Å². The van der Waals surface area contributed by atoms with Crippen molar-refractivity contribution in [1.82, 2.24) is 9.71 Å². The predicted molar refractivity (Wildman–Crippen MR) is 67.8 cm³/mol. The van der Waals surface area contributed by atoms with Crippen molar-refractivity contribution in [2.24, 2.45) is 0 Å². The molecule has 100 valence electrons. The summed E-state index contributed by atoms with van der Waals surface area (Å²) in [6.45, 7) is 0. The molecule has 0 amide bonds. The Hall–Kier alpha value is -2.19. The highest BCUT2D eigenvalue weighted by Crippen LogP contribution is 2.19. The van der Waals surface area contributed by atoms with E-state index in [1.807, 2.05) is 0 Å².